The Morgan fingerprint density at radius 1 is 1.32 bits per heavy atom. The number of aliphatic hydroxyl groups is 1. The van der Waals surface area contributed by atoms with Gasteiger partial charge in [0.25, 0.3) is 0 Å². The third-order valence-corrected chi connectivity index (χ3v) is 3.66. The van der Waals surface area contributed by atoms with Gasteiger partial charge in [0.2, 0.25) is 0 Å². The zero-order chi connectivity index (χ0) is 13.8. The van der Waals surface area contributed by atoms with Crippen LogP contribution in [-0.4, -0.2) is 42.4 Å². The monoisotopic (exact) mass is 263 g/mol. The molecule has 0 bridgehead atoms. The molecule has 0 aromatic heterocycles. The Balaban J connectivity index is 2.07. The SMILES string of the molecule is CCCN1CCOC(C(O)c2cc(C)cc(C)c2)C1. The zero-order valence-corrected chi connectivity index (χ0v) is 12.2. The van der Waals surface area contributed by atoms with E-state index in [1.807, 2.05) is 0 Å². The predicted octanol–water partition coefficient (Wildman–Crippen LogP) is 2.45. The third-order valence-electron chi connectivity index (χ3n) is 3.66. The van der Waals surface area contributed by atoms with Crippen molar-refractivity contribution in [2.45, 2.75) is 39.4 Å². The van der Waals surface area contributed by atoms with Gasteiger partial charge in [-0.1, -0.05) is 36.2 Å². The third kappa shape index (κ3) is 3.78. The van der Waals surface area contributed by atoms with Gasteiger partial charge in [-0.2, -0.15) is 0 Å². The van der Waals surface area contributed by atoms with Crippen LogP contribution in [0.4, 0.5) is 0 Å². The first-order valence-electron chi connectivity index (χ1n) is 7.20. The molecule has 0 spiro atoms. The molecule has 0 radical (unpaired) electrons. The van der Waals surface area contributed by atoms with Crippen LogP contribution in [0.5, 0.6) is 0 Å². The Hall–Kier alpha value is -0.900. The van der Waals surface area contributed by atoms with E-state index in [-0.39, 0.29) is 6.10 Å². The Labute approximate surface area is 116 Å². The maximum absolute atomic E-state index is 10.5. The van der Waals surface area contributed by atoms with Gasteiger partial charge in [0.15, 0.2) is 0 Å². The van der Waals surface area contributed by atoms with Crippen molar-refractivity contribution >= 4 is 0 Å². The van der Waals surface area contributed by atoms with Crippen molar-refractivity contribution in [2.24, 2.45) is 0 Å². The number of rotatable bonds is 4. The van der Waals surface area contributed by atoms with E-state index in [4.69, 9.17) is 4.74 Å². The lowest BCUT2D eigenvalue weighted by atomic mass is 9.99. The highest BCUT2D eigenvalue weighted by atomic mass is 16.5. The molecule has 1 aromatic carbocycles. The Bertz CT molecular complexity index is 397. The normalized spacial score (nSPS) is 22.4. The topological polar surface area (TPSA) is 32.7 Å². The van der Waals surface area contributed by atoms with E-state index in [9.17, 15) is 5.11 Å². The lowest BCUT2D eigenvalue weighted by Crippen LogP contribution is -2.45. The fourth-order valence-corrected chi connectivity index (χ4v) is 2.84. The minimum Gasteiger partial charge on any atom is -0.386 e. The molecular formula is C16H25NO2. The van der Waals surface area contributed by atoms with Gasteiger partial charge in [0.05, 0.1) is 6.61 Å². The van der Waals surface area contributed by atoms with Crippen LogP contribution in [0.3, 0.4) is 0 Å². The van der Waals surface area contributed by atoms with Gasteiger partial charge >= 0.3 is 0 Å². The number of ether oxygens (including phenoxy) is 1. The first kappa shape index (κ1) is 14.5. The fraction of sp³-hybridized carbons (Fsp3) is 0.625. The summed E-state index contributed by atoms with van der Waals surface area (Å²) in [6.07, 6.45) is 0.506. The zero-order valence-electron chi connectivity index (χ0n) is 12.2. The van der Waals surface area contributed by atoms with Crippen molar-refractivity contribution < 1.29 is 9.84 Å². The second kappa shape index (κ2) is 6.51. The van der Waals surface area contributed by atoms with Crippen molar-refractivity contribution in [1.82, 2.24) is 4.90 Å². The van der Waals surface area contributed by atoms with E-state index in [0.717, 1.165) is 31.6 Å². The van der Waals surface area contributed by atoms with Crippen molar-refractivity contribution in [2.75, 3.05) is 26.2 Å². The summed E-state index contributed by atoms with van der Waals surface area (Å²) in [5.74, 6) is 0. The smallest absolute Gasteiger partial charge is 0.106 e. The van der Waals surface area contributed by atoms with Crippen LogP contribution in [0.25, 0.3) is 0 Å². The van der Waals surface area contributed by atoms with E-state index in [1.54, 1.807) is 0 Å². The van der Waals surface area contributed by atoms with Crippen molar-refractivity contribution in [1.29, 1.82) is 0 Å². The van der Waals surface area contributed by atoms with Gasteiger partial charge in [0, 0.05) is 13.1 Å². The Morgan fingerprint density at radius 2 is 2.00 bits per heavy atom. The summed E-state index contributed by atoms with van der Waals surface area (Å²) in [6.45, 7) is 9.91. The summed E-state index contributed by atoms with van der Waals surface area (Å²) < 4.78 is 5.76. The van der Waals surface area contributed by atoms with Crippen LogP contribution in [-0.2, 0) is 4.74 Å². The molecule has 3 nitrogen and oxygen atoms in total. The minimum atomic E-state index is -0.529. The molecule has 3 heteroatoms. The molecule has 1 aliphatic heterocycles. The minimum absolute atomic E-state index is 0.110. The van der Waals surface area contributed by atoms with E-state index in [0.29, 0.717) is 6.61 Å². The number of hydrogen-bond acceptors (Lipinski definition) is 3. The molecule has 0 saturated carbocycles. The summed E-state index contributed by atoms with van der Waals surface area (Å²) in [6, 6.07) is 6.24. The molecule has 0 amide bonds. The van der Waals surface area contributed by atoms with E-state index in [1.165, 1.54) is 11.1 Å². The standard InChI is InChI=1S/C16H25NO2/c1-4-5-17-6-7-19-15(11-17)16(18)14-9-12(2)8-13(3)10-14/h8-10,15-16,18H,4-7,11H2,1-3H3. The molecule has 1 saturated heterocycles. The molecule has 0 aliphatic carbocycles. The summed E-state index contributed by atoms with van der Waals surface area (Å²) in [5, 5.41) is 10.5. The number of hydrogen-bond donors (Lipinski definition) is 1. The van der Waals surface area contributed by atoms with E-state index >= 15 is 0 Å². The second-order valence-electron chi connectivity index (χ2n) is 5.58. The van der Waals surface area contributed by atoms with Crippen molar-refractivity contribution in [3.8, 4) is 0 Å². The Kier molecular flexibility index (Phi) is 4.97. The lowest BCUT2D eigenvalue weighted by Gasteiger charge is -2.35. The van der Waals surface area contributed by atoms with Gasteiger partial charge in [-0.3, -0.25) is 4.90 Å². The molecule has 1 N–H and O–H groups in total. The summed E-state index contributed by atoms with van der Waals surface area (Å²) in [7, 11) is 0. The molecule has 2 unspecified atom stereocenters. The van der Waals surface area contributed by atoms with Crippen LogP contribution in [0.1, 0.15) is 36.1 Å². The summed E-state index contributed by atoms with van der Waals surface area (Å²) in [4.78, 5) is 2.38. The fourth-order valence-electron chi connectivity index (χ4n) is 2.84. The highest BCUT2D eigenvalue weighted by Crippen LogP contribution is 2.24. The maximum Gasteiger partial charge on any atom is 0.106 e. The number of aryl methyl sites for hydroxylation is 2. The largest absolute Gasteiger partial charge is 0.386 e. The highest BCUT2D eigenvalue weighted by Gasteiger charge is 2.27. The molecule has 19 heavy (non-hydrogen) atoms. The summed E-state index contributed by atoms with van der Waals surface area (Å²) >= 11 is 0. The van der Waals surface area contributed by atoms with Gasteiger partial charge in [-0.25, -0.2) is 0 Å². The first-order valence-corrected chi connectivity index (χ1v) is 7.20. The second-order valence-corrected chi connectivity index (χ2v) is 5.58. The lowest BCUT2D eigenvalue weighted by molar-refractivity contribution is -0.0898. The van der Waals surface area contributed by atoms with Crippen molar-refractivity contribution in [3.05, 3.63) is 34.9 Å². The molecule has 1 fully saturated rings. The van der Waals surface area contributed by atoms with Crippen LogP contribution in [0.15, 0.2) is 18.2 Å². The molecule has 1 heterocycles. The van der Waals surface area contributed by atoms with Crippen LogP contribution >= 0.6 is 0 Å². The summed E-state index contributed by atoms with van der Waals surface area (Å²) in [5.41, 5.74) is 3.35. The number of morpholine rings is 1. The van der Waals surface area contributed by atoms with Gasteiger partial charge < -0.3 is 9.84 Å². The van der Waals surface area contributed by atoms with Gasteiger partial charge in [-0.05, 0) is 32.4 Å². The van der Waals surface area contributed by atoms with E-state index < -0.39 is 6.10 Å². The predicted molar refractivity (Wildman–Crippen MR) is 77.3 cm³/mol. The molecule has 1 aromatic rings. The quantitative estimate of drug-likeness (QED) is 0.905. The van der Waals surface area contributed by atoms with Crippen LogP contribution < -0.4 is 0 Å². The molecule has 2 rings (SSSR count). The van der Waals surface area contributed by atoms with Gasteiger partial charge in [0.1, 0.15) is 12.2 Å². The number of aliphatic hydroxyl groups excluding tert-OH is 1. The Morgan fingerprint density at radius 3 is 2.63 bits per heavy atom. The molecular weight excluding hydrogens is 238 g/mol. The van der Waals surface area contributed by atoms with E-state index in [2.05, 4.69) is 43.9 Å². The van der Waals surface area contributed by atoms with Gasteiger partial charge in [-0.15, -0.1) is 0 Å². The number of benzene rings is 1. The van der Waals surface area contributed by atoms with Crippen molar-refractivity contribution in [3.63, 3.8) is 0 Å². The number of nitrogens with zero attached hydrogens (tertiary/aromatic N) is 1. The maximum atomic E-state index is 10.5. The van der Waals surface area contributed by atoms with Crippen LogP contribution in [0, 0.1) is 13.8 Å². The molecule has 2 atom stereocenters. The highest BCUT2D eigenvalue weighted by molar-refractivity contribution is 5.30. The first-order chi connectivity index (χ1) is 9.10. The van der Waals surface area contributed by atoms with Crippen LogP contribution in [0.2, 0.25) is 0 Å². The average molecular weight is 263 g/mol. The molecule has 106 valence electrons. The molecule has 1 aliphatic rings. The average Bonchev–Trinajstić information content (AvgIpc) is 2.37.